The Hall–Kier alpha value is 0.518. The Bertz CT molecular complexity index is 37.3. The van der Waals surface area contributed by atoms with Crippen molar-refractivity contribution < 1.29 is 3.73 Å². The predicted octanol–water partition coefficient (Wildman–Crippen LogP) is 0.350. The third kappa shape index (κ3) is 4.52. The average molecular weight is 150 g/mol. The third-order valence-electron chi connectivity index (χ3n) is 0.354. The fraction of sp³-hybridized carbons (Fsp3) is 1.00. The van der Waals surface area contributed by atoms with E-state index in [1.807, 2.05) is 20.8 Å². The van der Waals surface area contributed by atoms with Crippen LogP contribution in [0.1, 0.15) is 20.8 Å². The van der Waals surface area contributed by atoms with Crippen molar-refractivity contribution in [1.82, 2.24) is 0 Å². The van der Waals surface area contributed by atoms with Crippen LogP contribution in [0.2, 0.25) is 0 Å². The maximum atomic E-state index is 5.00. The van der Waals surface area contributed by atoms with Crippen molar-refractivity contribution in [2.24, 2.45) is 0 Å². The number of hydrogen-bond donors (Lipinski definition) is 0. The molecule has 0 rings (SSSR count). The minimum absolute atomic E-state index is 0.0694. The van der Waals surface area contributed by atoms with Crippen molar-refractivity contribution in [3.05, 3.63) is 0 Å². The Kier molecular flexibility index (Phi) is 2.17. The second-order valence-electron chi connectivity index (χ2n) is 2.23. The van der Waals surface area contributed by atoms with Gasteiger partial charge in [0.15, 0.2) is 0 Å². The summed E-state index contributed by atoms with van der Waals surface area (Å²) in [6.45, 7) is 6.11. The summed E-state index contributed by atoms with van der Waals surface area (Å²) in [7, 11) is 0. The molecule has 0 heterocycles. The van der Waals surface area contributed by atoms with Gasteiger partial charge in [0.1, 0.15) is 0 Å². The van der Waals surface area contributed by atoms with Crippen LogP contribution in [0, 0.1) is 0 Å². The zero-order chi connectivity index (χ0) is 5.21. The van der Waals surface area contributed by atoms with Crippen LogP contribution in [0.3, 0.4) is 0 Å². The van der Waals surface area contributed by atoms with Gasteiger partial charge in [0.25, 0.3) is 0 Å². The molecular formula is C4H11AsO. The zero-order valence-electron chi connectivity index (χ0n) is 4.49. The molecule has 0 N–H and O–H groups in total. The van der Waals surface area contributed by atoms with Gasteiger partial charge in [-0.2, -0.15) is 0 Å². The molecule has 0 aromatic carbocycles. The quantitative estimate of drug-likeness (QED) is 0.453. The van der Waals surface area contributed by atoms with Crippen molar-refractivity contribution in [3.8, 4) is 0 Å². The molecule has 0 aliphatic heterocycles. The van der Waals surface area contributed by atoms with E-state index >= 15 is 0 Å². The molecule has 0 fully saturated rings. The summed E-state index contributed by atoms with van der Waals surface area (Å²) in [6.07, 6.45) is 0. The first-order valence-corrected chi connectivity index (χ1v) is 2.93. The summed E-state index contributed by atoms with van der Waals surface area (Å²) in [5.41, 5.74) is 0.0694. The van der Waals surface area contributed by atoms with Crippen LogP contribution in [-0.4, -0.2) is 22.8 Å². The molecule has 2 heteroatoms. The van der Waals surface area contributed by atoms with Crippen LogP contribution in [0.25, 0.3) is 0 Å². The summed E-state index contributed by atoms with van der Waals surface area (Å²) < 4.78 is 5.00. The third-order valence-corrected chi connectivity index (χ3v) is 1.84. The molecule has 1 atom stereocenters. The number of hydrogen-bond acceptors (Lipinski definition) is 1. The van der Waals surface area contributed by atoms with Gasteiger partial charge in [-0.15, -0.1) is 0 Å². The first-order chi connectivity index (χ1) is 2.56. The van der Waals surface area contributed by atoms with Crippen LogP contribution in [-0.2, 0) is 3.73 Å². The molecule has 0 bridgehead atoms. The van der Waals surface area contributed by atoms with Crippen LogP contribution in [0.5, 0.6) is 0 Å². The Balaban J connectivity index is 3.17. The van der Waals surface area contributed by atoms with Gasteiger partial charge in [-0.3, -0.25) is 0 Å². The topological polar surface area (TPSA) is 9.23 Å². The van der Waals surface area contributed by atoms with E-state index in [0.717, 1.165) is 0 Å². The molecule has 0 saturated heterocycles. The monoisotopic (exact) mass is 150 g/mol. The Labute approximate surface area is 47.9 Å². The Morgan fingerprint density at radius 2 is 1.50 bits per heavy atom. The number of rotatable bonds is 0. The molecule has 0 amide bonds. The fourth-order valence-corrected chi connectivity index (χ4v) is 0. The van der Waals surface area contributed by atoms with Gasteiger partial charge in [0, 0.05) is 0 Å². The van der Waals surface area contributed by atoms with Crippen molar-refractivity contribution in [2.75, 3.05) is 0 Å². The van der Waals surface area contributed by atoms with Gasteiger partial charge in [0.05, 0.1) is 0 Å². The normalized spacial score (nSPS) is 12.0. The summed E-state index contributed by atoms with van der Waals surface area (Å²) in [4.78, 5) is 0. The average Bonchev–Trinajstić information content (AvgIpc) is 1.35. The minimum atomic E-state index is 0.0694. The molecule has 1 nitrogen and oxygen atoms in total. The molecule has 0 radical (unpaired) electrons. The van der Waals surface area contributed by atoms with Crippen molar-refractivity contribution in [3.63, 3.8) is 0 Å². The SMILES string of the molecule is CC(C)(C)O[AsH2]. The van der Waals surface area contributed by atoms with E-state index in [1.54, 1.807) is 0 Å². The summed E-state index contributed by atoms with van der Waals surface area (Å²) in [5, 5.41) is 0. The molecule has 0 aromatic heterocycles. The molecule has 0 aromatic rings. The van der Waals surface area contributed by atoms with Crippen molar-refractivity contribution >= 4 is 17.2 Å². The molecule has 38 valence electrons. The molecule has 6 heavy (non-hydrogen) atoms. The maximum absolute atomic E-state index is 5.00. The molecule has 0 saturated carbocycles. The van der Waals surface area contributed by atoms with E-state index in [4.69, 9.17) is 3.73 Å². The van der Waals surface area contributed by atoms with E-state index in [1.165, 1.54) is 17.2 Å². The van der Waals surface area contributed by atoms with Crippen LogP contribution in [0.15, 0.2) is 0 Å². The van der Waals surface area contributed by atoms with Gasteiger partial charge >= 0.3 is 47.3 Å². The summed E-state index contributed by atoms with van der Waals surface area (Å²) >= 11 is 1.32. The Morgan fingerprint density at radius 1 is 1.33 bits per heavy atom. The van der Waals surface area contributed by atoms with Crippen molar-refractivity contribution in [2.45, 2.75) is 26.4 Å². The first-order valence-electron chi connectivity index (χ1n) is 1.94. The van der Waals surface area contributed by atoms with Gasteiger partial charge in [-0.1, -0.05) is 0 Å². The van der Waals surface area contributed by atoms with Gasteiger partial charge < -0.3 is 0 Å². The first kappa shape index (κ1) is 6.52. The molecular weight excluding hydrogens is 139 g/mol. The van der Waals surface area contributed by atoms with Gasteiger partial charge in [0.2, 0.25) is 0 Å². The van der Waals surface area contributed by atoms with Crippen LogP contribution in [0.4, 0.5) is 0 Å². The van der Waals surface area contributed by atoms with E-state index in [2.05, 4.69) is 0 Å². The fourth-order valence-electron chi connectivity index (χ4n) is 0. The predicted molar refractivity (Wildman–Crippen MR) is 29.4 cm³/mol. The summed E-state index contributed by atoms with van der Waals surface area (Å²) in [5.74, 6) is 0. The second-order valence-corrected chi connectivity index (χ2v) is 2.72. The summed E-state index contributed by atoms with van der Waals surface area (Å²) in [6, 6.07) is 0. The Morgan fingerprint density at radius 3 is 1.50 bits per heavy atom. The molecule has 0 aliphatic rings. The van der Waals surface area contributed by atoms with Crippen molar-refractivity contribution in [1.29, 1.82) is 0 Å². The molecule has 0 spiro atoms. The molecule has 0 aliphatic carbocycles. The van der Waals surface area contributed by atoms with Gasteiger partial charge in [-0.05, 0) is 0 Å². The van der Waals surface area contributed by atoms with Crippen LogP contribution >= 0.6 is 0 Å². The van der Waals surface area contributed by atoms with E-state index in [9.17, 15) is 0 Å². The molecule has 1 unspecified atom stereocenters. The van der Waals surface area contributed by atoms with E-state index in [-0.39, 0.29) is 5.60 Å². The van der Waals surface area contributed by atoms with Gasteiger partial charge in [-0.25, -0.2) is 0 Å². The zero-order valence-corrected chi connectivity index (χ0v) is 6.91. The van der Waals surface area contributed by atoms with E-state index in [0.29, 0.717) is 0 Å². The van der Waals surface area contributed by atoms with Crippen LogP contribution < -0.4 is 0 Å². The van der Waals surface area contributed by atoms with E-state index < -0.39 is 0 Å². The standard InChI is InChI=1S/C4H11AsO/c1-4(2,3)6-5/h5H2,1-3H3. The second kappa shape index (κ2) is 1.99.